The molecule has 0 bridgehead atoms. The van der Waals surface area contributed by atoms with Gasteiger partial charge >= 0.3 is 6.03 Å². The van der Waals surface area contributed by atoms with E-state index >= 15 is 8.78 Å². The summed E-state index contributed by atoms with van der Waals surface area (Å²) < 4.78 is 35.2. The number of anilines is 3. The van der Waals surface area contributed by atoms with Crippen LogP contribution in [0.4, 0.5) is 31.0 Å². The zero-order chi connectivity index (χ0) is 29.0. The first kappa shape index (κ1) is 29.8. The smallest absolute Gasteiger partial charge is 0.330 e. The summed E-state index contributed by atoms with van der Waals surface area (Å²) in [5.74, 6) is -2.53. The molecule has 220 valence electrons. The van der Waals surface area contributed by atoms with Crippen LogP contribution in [0.5, 0.6) is 11.5 Å². The van der Waals surface area contributed by atoms with Crippen LogP contribution < -0.4 is 19.9 Å². The van der Waals surface area contributed by atoms with E-state index in [0.29, 0.717) is 36.0 Å². The molecule has 1 aromatic heterocycles. The Morgan fingerprint density at radius 2 is 1.82 bits per heavy atom. The number of amides is 2. The van der Waals surface area contributed by atoms with Crippen molar-refractivity contribution < 1.29 is 23.4 Å². The van der Waals surface area contributed by atoms with Crippen molar-refractivity contribution in [2.24, 2.45) is 0 Å². The Kier molecular flexibility index (Phi) is 9.65. The van der Waals surface area contributed by atoms with Crippen LogP contribution in [0.2, 0.25) is 0 Å². The third-order valence-corrected chi connectivity index (χ3v) is 7.84. The number of methoxy groups -OCH3 is 1. The number of carbonyl (C=O) groups is 1. The first-order valence-corrected chi connectivity index (χ1v) is 14.3. The molecule has 2 amide bonds. The standard InChI is InChI=1S/C29H42F2N6O3/c1-18(2)35(19(3)4)14-10-6-9-13-32-28-33-16-20-17-36(26-24(30)22(38)15-23(40-5)25(26)31)29(39)37(27(20)34-28)21-11-7-8-12-21/h15-16,18-19,21,38H,6-14,17H2,1-5H3,(H,32,33,34). The second-order valence-corrected chi connectivity index (χ2v) is 11.2. The number of nitrogens with zero attached hydrogens (tertiary/aromatic N) is 5. The van der Waals surface area contributed by atoms with Gasteiger partial charge in [0.2, 0.25) is 5.95 Å². The highest BCUT2D eigenvalue weighted by atomic mass is 19.1. The Bertz CT molecular complexity index is 1180. The molecule has 1 saturated carbocycles. The van der Waals surface area contributed by atoms with Gasteiger partial charge in [-0.1, -0.05) is 19.3 Å². The highest BCUT2D eigenvalue weighted by molar-refractivity contribution is 6.06. The zero-order valence-electron chi connectivity index (χ0n) is 24.2. The zero-order valence-corrected chi connectivity index (χ0v) is 24.2. The number of rotatable bonds is 12. The number of aromatic nitrogens is 2. The van der Waals surface area contributed by atoms with Crippen LogP contribution in [0, 0.1) is 11.6 Å². The summed E-state index contributed by atoms with van der Waals surface area (Å²) in [7, 11) is 1.21. The third-order valence-electron chi connectivity index (χ3n) is 7.84. The maximum Gasteiger partial charge on any atom is 0.330 e. The summed E-state index contributed by atoms with van der Waals surface area (Å²) in [5, 5.41) is 13.3. The Morgan fingerprint density at radius 3 is 2.48 bits per heavy atom. The Morgan fingerprint density at radius 1 is 1.12 bits per heavy atom. The van der Waals surface area contributed by atoms with E-state index in [-0.39, 0.29) is 18.3 Å². The van der Waals surface area contributed by atoms with Gasteiger partial charge in [-0.05, 0) is 59.9 Å². The van der Waals surface area contributed by atoms with E-state index in [2.05, 4.69) is 42.9 Å². The molecule has 2 N–H and O–H groups in total. The van der Waals surface area contributed by atoms with Gasteiger partial charge in [0.25, 0.3) is 0 Å². The molecular formula is C29H42F2N6O3. The Labute approximate surface area is 235 Å². The lowest BCUT2D eigenvalue weighted by molar-refractivity contribution is 0.171. The number of benzene rings is 1. The molecule has 11 heteroatoms. The van der Waals surface area contributed by atoms with Crippen molar-refractivity contribution >= 4 is 23.5 Å². The highest BCUT2D eigenvalue weighted by Crippen LogP contribution is 2.41. The van der Waals surface area contributed by atoms with Gasteiger partial charge in [0.15, 0.2) is 23.1 Å². The SMILES string of the molecule is COc1cc(O)c(F)c(N2Cc3cnc(NCCCCCN(C(C)C)C(C)C)nc3N(C3CCCC3)C2=O)c1F. The molecule has 1 fully saturated rings. The molecule has 2 aromatic rings. The number of phenols is 1. The normalized spacial score (nSPS) is 16.0. The molecule has 1 aliphatic carbocycles. The van der Waals surface area contributed by atoms with Gasteiger partial charge in [-0.25, -0.2) is 18.6 Å². The van der Waals surface area contributed by atoms with E-state index < -0.39 is 29.1 Å². The lowest BCUT2D eigenvalue weighted by atomic mass is 10.1. The molecule has 9 nitrogen and oxygen atoms in total. The topological polar surface area (TPSA) is 94.1 Å². The number of hydrogen-bond donors (Lipinski definition) is 2. The van der Waals surface area contributed by atoms with Gasteiger partial charge in [0.05, 0.1) is 13.7 Å². The number of urea groups is 1. The van der Waals surface area contributed by atoms with Gasteiger partial charge in [-0.3, -0.25) is 14.7 Å². The van der Waals surface area contributed by atoms with Gasteiger partial charge in [0, 0.05) is 42.5 Å². The molecule has 0 spiro atoms. The van der Waals surface area contributed by atoms with Crippen molar-refractivity contribution in [1.29, 1.82) is 0 Å². The predicted octanol–water partition coefficient (Wildman–Crippen LogP) is 6.06. The van der Waals surface area contributed by atoms with Crippen LogP contribution >= 0.6 is 0 Å². The summed E-state index contributed by atoms with van der Waals surface area (Å²) in [4.78, 5) is 28.0. The molecule has 1 aromatic carbocycles. The Balaban J connectivity index is 1.51. The number of ether oxygens (including phenoxy) is 1. The van der Waals surface area contributed by atoms with E-state index in [9.17, 15) is 9.90 Å². The van der Waals surface area contributed by atoms with Crippen molar-refractivity contribution in [2.45, 2.75) is 97.3 Å². The molecule has 0 atom stereocenters. The quantitative estimate of drug-likeness (QED) is 0.305. The number of carbonyl (C=O) groups excluding carboxylic acids is 1. The molecule has 1 aliphatic heterocycles. The van der Waals surface area contributed by atoms with Gasteiger partial charge < -0.3 is 15.2 Å². The van der Waals surface area contributed by atoms with Crippen LogP contribution in [0.15, 0.2) is 12.3 Å². The van der Waals surface area contributed by atoms with Crippen molar-refractivity contribution in [3.63, 3.8) is 0 Å². The van der Waals surface area contributed by atoms with Crippen molar-refractivity contribution in [3.05, 3.63) is 29.5 Å². The van der Waals surface area contributed by atoms with Gasteiger partial charge in [0.1, 0.15) is 11.5 Å². The van der Waals surface area contributed by atoms with Crippen LogP contribution in [0.25, 0.3) is 0 Å². The van der Waals surface area contributed by atoms with Crippen LogP contribution in [0.3, 0.4) is 0 Å². The average Bonchev–Trinajstić information content (AvgIpc) is 3.44. The first-order valence-electron chi connectivity index (χ1n) is 14.3. The fraction of sp³-hybridized carbons (Fsp3) is 0.621. The third kappa shape index (κ3) is 6.24. The van der Waals surface area contributed by atoms with Gasteiger partial charge in [-0.2, -0.15) is 4.98 Å². The number of hydrogen-bond acceptors (Lipinski definition) is 7. The monoisotopic (exact) mass is 560 g/mol. The molecular weight excluding hydrogens is 518 g/mol. The predicted molar refractivity (Wildman–Crippen MR) is 152 cm³/mol. The number of nitrogens with one attached hydrogen (secondary N) is 1. The lowest BCUT2D eigenvalue weighted by Crippen LogP contribution is -2.52. The summed E-state index contributed by atoms with van der Waals surface area (Å²) in [6.45, 7) is 10.5. The van der Waals surface area contributed by atoms with Crippen molar-refractivity contribution in [2.75, 3.05) is 35.3 Å². The van der Waals surface area contributed by atoms with Crippen LogP contribution in [-0.2, 0) is 6.54 Å². The summed E-state index contributed by atoms with van der Waals surface area (Å²) in [6.07, 6.45) is 8.18. The second-order valence-electron chi connectivity index (χ2n) is 11.2. The summed E-state index contributed by atoms with van der Waals surface area (Å²) in [6, 6.07) is 1.16. The van der Waals surface area contributed by atoms with Gasteiger partial charge in [-0.15, -0.1) is 0 Å². The maximum absolute atomic E-state index is 15.2. The average molecular weight is 561 g/mol. The van der Waals surface area contributed by atoms with E-state index in [1.807, 2.05) is 0 Å². The minimum atomic E-state index is -1.22. The maximum atomic E-state index is 15.2. The largest absolute Gasteiger partial charge is 0.505 e. The molecule has 2 heterocycles. The highest BCUT2D eigenvalue weighted by Gasteiger charge is 2.41. The van der Waals surface area contributed by atoms with Crippen molar-refractivity contribution in [3.8, 4) is 11.5 Å². The summed E-state index contributed by atoms with van der Waals surface area (Å²) >= 11 is 0. The number of aromatic hydroxyl groups is 1. The Hall–Kier alpha value is -3.21. The second kappa shape index (κ2) is 13.0. The number of unbranched alkanes of at least 4 members (excludes halogenated alkanes) is 2. The van der Waals surface area contributed by atoms with E-state index in [0.717, 1.165) is 62.5 Å². The van der Waals surface area contributed by atoms with E-state index in [4.69, 9.17) is 9.72 Å². The minimum Gasteiger partial charge on any atom is -0.505 e. The first-order chi connectivity index (χ1) is 19.1. The number of phenolic OH excluding ortho intramolecular Hbond substituents is 1. The fourth-order valence-electron chi connectivity index (χ4n) is 5.81. The van der Waals surface area contributed by atoms with Crippen LogP contribution in [0.1, 0.15) is 78.2 Å². The molecule has 4 rings (SSSR count). The van der Waals surface area contributed by atoms with Crippen molar-refractivity contribution in [1.82, 2.24) is 14.9 Å². The fourth-order valence-corrected chi connectivity index (χ4v) is 5.81. The number of fused-ring (bicyclic) bond motifs is 1. The lowest BCUT2D eigenvalue weighted by Gasteiger charge is -2.39. The van der Waals surface area contributed by atoms with E-state index in [1.165, 1.54) is 7.11 Å². The molecule has 0 unspecified atom stereocenters. The molecule has 0 radical (unpaired) electrons. The number of halogens is 2. The molecule has 2 aliphatic rings. The molecule has 40 heavy (non-hydrogen) atoms. The van der Waals surface area contributed by atoms with Crippen LogP contribution in [-0.4, -0.2) is 64.3 Å². The minimum absolute atomic E-state index is 0.139. The molecule has 0 saturated heterocycles. The van der Waals surface area contributed by atoms with E-state index in [1.54, 1.807) is 11.1 Å². The summed E-state index contributed by atoms with van der Waals surface area (Å²) in [5.41, 5.74) is -0.0770.